The largest absolute Gasteiger partial charge is 0.494 e. The molecule has 0 spiro atoms. The quantitative estimate of drug-likeness (QED) is 0.805. The van der Waals surface area contributed by atoms with E-state index in [1.807, 2.05) is 0 Å². The van der Waals surface area contributed by atoms with E-state index in [0.717, 1.165) is 12.1 Å². The van der Waals surface area contributed by atoms with Crippen LogP contribution in [0.5, 0.6) is 5.75 Å². The number of nitrogens with two attached hydrogens (primary N) is 1. The van der Waals surface area contributed by atoms with Crippen molar-refractivity contribution in [1.29, 1.82) is 0 Å². The van der Waals surface area contributed by atoms with E-state index in [-0.39, 0.29) is 16.2 Å². The minimum absolute atomic E-state index is 0.0181. The van der Waals surface area contributed by atoms with Crippen LogP contribution in [0.25, 0.3) is 0 Å². The van der Waals surface area contributed by atoms with Crippen molar-refractivity contribution in [3.63, 3.8) is 0 Å². The van der Waals surface area contributed by atoms with Gasteiger partial charge in [-0.1, -0.05) is 18.2 Å². The van der Waals surface area contributed by atoms with Crippen molar-refractivity contribution >= 4 is 10.0 Å². The Labute approximate surface area is 153 Å². The SMILES string of the molecule is COc1ccc(C2(c3ccc(S(N)(=O)=O)cc3)C=C(C(F)F)ON2)cc1F. The summed E-state index contributed by atoms with van der Waals surface area (Å²) >= 11 is 0. The number of sulfonamides is 1. The zero-order chi connectivity index (χ0) is 19.8. The van der Waals surface area contributed by atoms with E-state index in [2.05, 4.69) is 5.48 Å². The van der Waals surface area contributed by atoms with Crippen molar-refractivity contribution in [3.05, 3.63) is 71.2 Å². The molecule has 1 unspecified atom stereocenters. The summed E-state index contributed by atoms with van der Waals surface area (Å²) in [5, 5.41) is 5.08. The van der Waals surface area contributed by atoms with Crippen LogP contribution in [0.1, 0.15) is 11.1 Å². The molecular formula is C17H15F3N2O4S. The number of halogens is 3. The maximum absolute atomic E-state index is 14.2. The Kier molecular flexibility index (Phi) is 4.89. The van der Waals surface area contributed by atoms with Crippen LogP contribution in [-0.2, 0) is 20.4 Å². The highest BCUT2D eigenvalue weighted by Gasteiger charge is 2.41. The molecule has 27 heavy (non-hydrogen) atoms. The van der Waals surface area contributed by atoms with Crippen LogP contribution < -0.4 is 15.4 Å². The molecule has 2 aromatic rings. The number of alkyl halides is 2. The molecule has 144 valence electrons. The highest BCUT2D eigenvalue weighted by molar-refractivity contribution is 7.89. The van der Waals surface area contributed by atoms with Crippen LogP contribution >= 0.6 is 0 Å². The third-order valence-electron chi connectivity index (χ3n) is 4.15. The maximum Gasteiger partial charge on any atom is 0.297 e. The standard InChI is InChI=1S/C17H15F3N2O4S/c1-25-14-7-4-11(8-13(14)18)17(9-15(16(19)20)26-22-17)10-2-5-12(6-3-10)27(21,23)24/h2-9,16,22H,1H3,(H2,21,23,24). The lowest BCUT2D eigenvalue weighted by Crippen LogP contribution is -2.37. The number of primary sulfonamides is 1. The molecule has 0 aromatic heterocycles. The molecule has 1 heterocycles. The third kappa shape index (κ3) is 3.51. The first-order valence-corrected chi connectivity index (χ1v) is 9.14. The van der Waals surface area contributed by atoms with E-state index in [1.165, 1.54) is 43.5 Å². The van der Waals surface area contributed by atoms with E-state index in [1.54, 1.807) is 0 Å². The molecule has 6 nitrogen and oxygen atoms in total. The Bertz CT molecular complexity index is 994. The lowest BCUT2D eigenvalue weighted by Gasteiger charge is -2.27. The topological polar surface area (TPSA) is 90.7 Å². The summed E-state index contributed by atoms with van der Waals surface area (Å²) in [6.45, 7) is 0. The van der Waals surface area contributed by atoms with Crippen LogP contribution in [0, 0.1) is 5.82 Å². The van der Waals surface area contributed by atoms with Gasteiger partial charge in [-0.05, 0) is 41.5 Å². The van der Waals surface area contributed by atoms with Crippen LogP contribution in [-0.4, -0.2) is 22.0 Å². The van der Waals surface area contributed by atoms with Gasteiger partial charge in [0.25, 0.3) is 6.43 Å². The molecule has 0 amide bonds. The molecule has 1 atom stereocenters. The van der Waals surface area contributed by atoms with Gasteiger partial charge in [-0.3, -0.25) is 0 Å². The summed E-state index contributed by atoms with van der Waals surface area (Å²) in [6.07, 6.45) is -1.78. The number of hydrogen-bond donors (Lipinski definition) is 2. The second-order valence-corrected chi connectivity index (χ2v) is 7.34. The zero-order valence-corrected chi connectivity index (χ0v) is 14.8. The molecule has 1 aliphatic rings. The van der Waals surface area contributed by atoms with Crippen molar-refractivity contribution in [2.24, 2.45) is 5.14 Å². The number of hydroxylamine groups is 1. The number of methoxy groups -OCH3 is 1. The summed E-state index contributed by atoms with van der Waals surface area (Å²) in [4.78, 5) is 4.74. The highest BCUT2D eigenvalue weighted by atomic mass is 32.2. The first kappa shape index (κ1) is 19.2. The Morgan fingerprint density at radius 3 is 2.26 bits per heavy atom. The fourth-order valence-corrected chi connectivity index (χ4v) is 3.31. The zero-order valence-electron chi connectivity index (χ0n) is 13.9. The van der Waals surface area contributed by atoms with Crippen LogP contribution in [0.3, 0.4) is 0 Å². The van der Waals surface area contributed by atoms with Gasteiger partial charge in [0.15, 0.2) is 17.3 Å². The molecule has 0 aliphatic carbocycles. The van der Waals surface area contributed by atoms with Crippen molar-refractivity contribution < 1.29 is 31.2 Å². The van der Waals surface area contributed by atoms with E-state index in [0.29, 0.717) is 5.56 Å². The van der Waals surface area contributed by atoms with Gasteiger partial charge < -0.3 is 9.57 Å². The smallest absolute Gasteiger partial charge is 0.297 e. The van der Waals surface area contributed by atoms with Gasteiger partial charge in [0, 0.05) is 0 Å². The molecule has 0 saturated carbocycles. The molecule has 0 bridgehead atoms. The first-order valence-electron chi connectivity index (χ1n) is 7.59. The Hall–Kier alpha value is -2.56. The summed E-state index contributed by atoms with van der Waals surface area (Å²) in [5.41, 5.74) is 1.63. The monoisotopic (exact) mass is 400 g/mol. The number of benzene rings is 2. The number of rotatable bonds is 5. The average Bonchev–Trinajstić information content (AvgIpc) is 3.08. The van der Waals surface area contributed by atoms with Gasteiger partial charge in [-0.2, -0.15) is 0 Å². The summed E-state index contributed by atoms with van der Waals surface area (Å²) in [5.74, 6) is -1.35. The van der Waals surface area contributed by atoms with E-state index < -0.39 is 33.6 Å². The Morgan fingerprint density at radius 1 is 1.15 bits per heavy atom. The van der Waals surface area contributed by atoms with Crippen LogP contribution in [0.4, 0.5) is 13.2 Å². The molecular weight excluding hydrogens is 385 g/mol. The number of ether oxygens (including phenoxy) is 1. The summed E-state index contributed by atoms with van der Waals surface area (Å²) < 4.78 is 68.2. The lowest BCUT2D eigenvalue weighted by atomic mass is 9.83. The molecule has 2 aromatic carbocycles. The van der Waals surface area contributed by atoms with Crippen molar-refractivity contribution in [3.8, 4) is 5.75 Å². The summed E-state index contributed by atoms with van der Waals surface area (Å²) in [7, 11) is -2.63. The molecule has 0 radical (unpaired) electrons. The van der Waals surface area contributed by atoms with Gasteiger partial charge in [0.1, 0.15) is 5.54 Å². The van der Waals surface area contributed by atoms with Gasteiger partial charge in [-0.25, -0.2) is 26.7 Å². The molecule has 1 aliphatic heterocycles. The highest BCUT2D eigenvalue weighted by Crippen LogP contribution is 2.39. The van der Waals surface area contributed by atoms with E-state index in [9.17, 15) is 21.6 Å². The van der Waals surface area contributed by atoms with E-state index >= 15 is 0 Å². The average molecular weight is 400 g/mol. The number of nitrogens with one attached hydrogen (secondary N) is 1. The molecule has 0 saturated heterocycles. The van der Waals surface area contributed by atoms with E-state index in [4.69, 9.17) is 14.7 Å². The fourth-order valence-electron chi connectivity index (χ4n) is 2.79. The molecule has 3 rings (SSSR count). The normalized spacial score (nSPS) is 19.7. The van der Waals surface area contributed by atoms with Gasteiger partial charge in [0.2, 0.25) is 10.0 Å². The number of hydrogen-bond acceptors (Lipinski definition) is 5. The van der Waals surface area contributed by atoms with Crippen molar-refractivity contribution in [2.45, 2.75) is 16.9 Å². The van der Waals surface area contributed by atoms with Crippen molar-refractivity contribution in [1.82, 2.24) is 5.48 Å². The molecule has 0 fully saturated rings. The Morgan fingerprint density at radius 2 is 1.78 bits per heavy atom. The minimum atomic E-state index is -3.93. The van der Waals surface area contributed by atoms with Gasteiger partial charge >= 0.3 is 0 Å². The third-order valence-corrected chi connectivity index (χ3v) is 5.08. The van der Waals surface area contributed by atoms with Crippen LogP contribution in [0.15, 0.2) is 59.2 Å². The van der Waals surface area contributed by atoms with Crippen molar-refractivity contribution in [2.75, 3.05) is 7.11 Å². The molecule has 10 heteroatoms. The lowest BCUT2D eigenvalue weighted by molar-refractivity contribution is 0.0309. The minimum Gasteiger partial charge on any atom is -0.494 e. The Balaban J connectivity index is 2.17. The first-order chi connectivity index (χ1) is 12.7. The fraction of sp³-hybridized carbons (Fsp3) is 0.176. The second-order valence-electron chi connectivity index (χ2n) is 5.78. The summed E-state index contributed by atoms with van der Waals surface area (Å²) in [6, 6.07) is 9.15. The second kappa shape index (κ2) is 6.87. The predicted octanol–water partition coefficient (Wildman–Crippen LogP) is 2.41. The number of allylic oxidation sites excluding steroid dienone is 1. The van der Waals surface area contributed by atoms with Crippen LogP contribution in [0.2, 0.25) is 0 Å². The maximum atomic E-state index is 14.2. The van der Waals surface area contributed by atoms with Gasteiger partial charge in [-0.15, -0.1) is 5.48 Å². The van der Waals surface area contributed by atoms with Gasteiger partial charge in [0.05, 0.1) is 12.0 Å². The molecule has 3 N–H and O–H groups in total. The predicted molar refractivity (Wildman–Crippen MR) is 89.9 cm³/mol.